The molecule has 0 spiro atoms. The highest BCUT2D eigenvalue weighted by atomic mass is 16.5. The van der Waals surface area contributed by atoms with Crippen LogP contribution in [0.2, 0.25) is 0 Å². The van der Waals surface area contributed by atoms with Crippen molar-refractivity contribution in [3.05, 3.63) is 34.2 Å². The van der Waals surface area contributed by atoms with E-state index in [9.17, 15) is 4.79 Å². The van der Waals surface area contributed by atoms with Gasteiger partial charge in [0.05, 0.1) is 7.11 Å². The Morgan fingerprint density at radius 2 is 2.24 bits per heavy atom. The third kappa shape index (κ3) is 1.48. The zero-order valence-electron chi connectivity index (χ0n) is 9.65. The summed E-state index contributed by atoms with van der Waals surface area (Å²) in [4.78, 5) is 11.3. The lowest BCUT2D eigenvalue weighted by Gasteiger charge is -2.09. The predicted molar refractivity (Wildman–Crippen MR) is 62.8 cm³/mol. The molecule has 1 aliphatic heterocycles. The Bertz CT molecular complexity index is 642. The molecule has 0 bridgehead atoms. The maximum absolute atomic E-state index is 11.3. The van der Waals surface area contributed by atoms with Crippen LogP contribution in [0.1, 0.15) is 12.5 Å². The molecule has 0 radical (unpaired) electrons. The van der Waals surface area contributed by atoms with E-state index < -0.39 is 0 Å². The van der Waals surface area contributed by atoms with E-state index in [4.69, 9.17) is 13.9 Å². The Balaban J connectivity index is 2.38. The molecule has 3 rings (SSSR count). The minimum absolute atomic E-state index is 0.127. The number of ether oxygens (including phenoxy) is 2. The van der Waals surface area contributed by atoms with Crippen molar-refractivity contribution in [3.63, 3.8) is 0 Å². The zero-order valence-corrected chi connectivity index (χ0v) is 9.65. The van der Waals surface area contributed by atoms with E-state index in [2.05, 4.69) is 0 Å². The number of hydrogen-bond acceptors (Lipinski definition) is 4. The van der Waals surface area contributed by atoms with Gasteiger partial charge in [0.1, 0.15) is 6.10 Å². The van der Waals surface area contributed by atoms with Crippen molar-refractivity contribution in [1.82, 2.24) is 0 Å². The summed E-state index contributed by atoms with van der Waals surface area (Å²) in [7, 11) is 1.55. The molecule has 4 nitrogen and oxygen atoms in total. The summed E-state index contributed by atoms with van der Waals surface area (Å²) in [6.45, 7) is 2.00. The maximum Gasteiger partial charge on any atom is 0.336 e. The Labute approximate surface area is 97.8 Å². The molecule has 1 aromatic heterocycles. The molecule has 0 aliphatic carbocycles. The first kappa shape index (κ1) is 10.2. The van der Waals surface area contributed by atoms with Crippen LogP contribution in [-0.4, -0.2) is 13.2 Å². The Kier molecular flexibility index (Phi) is 2.11. The fraction of sp³-hybridized carbons (Fsp3) is 0.308. The molecule has 88 valence electrons. The molecule has 4 heteroatoms. The fourth-order valence-electron chi connectivity index (χ4n) is 2.24. The Morgan fingerprint density at radius 3 is 3.00 bits per heavy atom. The van der Waals surface area contributed by atoms with E-state index >= 15 is 0 Å². The van der Waals surface area contributed by atoms with Crippen LogP contribution in [0.5, 0.6) is 11.5 Å². The second-order valence-electron chi connectivity index (χ2n) is 4.20. The van der Waals surface area contributed by atoms with Crippen molar-refractivity contribution >= 4 is 11.0 Å². The average Bonchev–Trinajstić information content (AvgIpc) is 2.66. The second-order valence-corrected chi connectivity index (χ2v) is 4.20. The molecule has 2 aromatic rings. The topological polar surface area (TPSA) is 48.7 Å². The Hall–Kier alpha value is -1.97. The summed E-state index contributed by atoms with van der Waals surface area (Å²) in [5.41, 5.74) is 1.16. The van der Waals surface area contributed by atoms with Gasteiger partial charge >= 0.3 is 5.63 Å². The molecular formula is C13H12O4. The van der Waals surface area contributed by atoms with Gasteiger partial charge < -0.3 is 13.9 Å². The Morgan fingerprint density at radius 1 is 1.41 bits per heavy atom. The molecule has 0 amide bonds. The minimum atomic E-state index is -0.387. The van der Waals surface area contributed by atoms with Gasteiger partial charge in [-0.2, -0.15) is 0 Å². The lowest BCUT2D eigenvalue weighted by molar-refractivity contribution is 0.243. The third-order valence-corrected chi connectivity index (χ3v) is 2.93. The van der Waals surface area contributed by atoms with E-state index in [0.717, 1.165) is 17.4 Å². The lowest BCUT2D eigenvalue weighted by Crippen LogP contribution is -2.05. The summed E-state index contributed by atoms with van der Waals surface area (Å²) < 4.78 is 16.2. The molecule has 0 fully saturated rings. The highest BCUT2D eigenvalue weighted by Gasteiger charge is 2.26. The van der Waals surface area contributed by atoms with Crippen molar-refractivity contribution in [2.75, 3.05) is 7.11 Å². The standard InChI is InChI=1S/C13H12O4/c1-7-5-9-6-8-3-4-10(14)17-11(8)13(15-2)12(9)16-7/h3-4,6-7H,5H2,1-2H3. The minimum Gasteiger partial charge on any atom is -0.490 e. The van der Waals surface area contributed by atoms with Crippen LogP contribution < -0.4 is 15.1 Å². The molecule has 0 N–H and O–H groups in total. The number of rotatable bonds is 1. The number of methoxy groups -OCH3 is 1. The van der Waals surface area contributed by atoms with Gasteiger partial charge in [0, 0.05) is 23.4 Å². The first-order chi connectivity index (χ1) is 8.19. The van der Waals surface area contributed by atoms with Crippen LogP contribution in [-0.2, 0) is 6.42 Å². The predicted octanol–water partition coefficient (Wildman–Crippen LogP) is 2.12. The summed E-state index contributed by atoms with van der Waals surface area (Å²) in [5, 5.41) is 0.859. The van der Waals surface area contributed by atoms with Crippen molar-refractivity contribution in [1.29, 1.82) is 0 Å². The van der Waals surface area contributed by atoms with E-state index in [0.29, 0.717) is 17.1 Å². The highest BCUT2D eigenvalue weighted by molar-refractivity contribution is 5.87. The lowest BCUT2D eigenvalue weighted by atomic mass is 10.1. The monoisotopic (exact) mass is 232 g/mol. The molecule has 2 heterocycles. The quantitative estimate of drug-likeness (QED) is 0.707. The van der Waals surface area contributed by atoms with E-state index in [1.54, 1.807) is 13.2 Å². The molecular weight excluding hydrogens is 220 g/mol. The van der Waals surface area contributed by atoms with Crippen molar-refractivity contribution < 1.29 is 13.9 Å². The summed E-state index contributed by atoms with van der Waals surface area (Å²) in [6.07, 6.45) is 0.975. The summed E-state index contributed by atoms with van der Waals surface area (Å²) in [5.74, 6) is 1.21. The van der Waals surface area contributed by atoms with Gasteiger partial charge in [-0.3, -0.25) is 0 Å². The molecule has 17 heavy (non-hydrogen) atoms. The highest BCUT2D eigenvalue weighted by Crippen LogP contribution is 2.42. The van der Waals surface area contributed by atoms with Gasteiger partial charge in [0.2, 0.25) is 5.75 Å². The van der Waals surface area contributed by atoms with Crippen LogP contribution >= 0.6 is 0 Å². The number of fused-ring (bicyclic) bond motifs is 2. The van der Waals surface area contributed by atoms with Crippen molar-refractivity contribution in [2.24, 2.45) is 0 Å². The van der Waals surface area contributed by atoms with E-state index in [-0.39, 0.29) is 11.7 Å². The van der Waals surface area contributed by atoms with Gasteiger partial charge in [0.25, 0.3) is 0 Å². The fourth-order valence-corrected chi connectivity index (χ4v) is 2.24. The summed E-state index contributed by atoms with van der Waals surface area (Å²) in [6, 6.07) is 5.14. The largest absolute Gasteiger partial charge is 0.490 e. The van der Waals surface area contributed by atoms with Gasteiger partial charge in [-0.15, -0.1) is 0 Å². The second kappa shape index (κ2) is 3.52. The molecule has 0 saturated carbocycles. The number of hydrogen-bond donors (Lipinski definition) is 0. The average molecular weight is 232 g/mol. The van der Waals surface area contributed by atoms with Crippen LogP contribution in [0.4, 0.5) is 0 Å². The van der Waals surface area contributed by atoms with E-state index in [1.807, 2.05) is 13.0 Å². The first-order valence-electron chi connectivity index (χ1n) is 5.49. The van der Waals surface area contributed by atoms with Crippen LogP contribution in [0.15, 0.2) is 27.4 Å². The maximum atomic E-state index is 11.3. The van der Waals surface area contributed by atoms with E-state index in [1.165, 1.54) is 6.07 Å². The third-order valence-electron chi connectivity index (χ3n) is 2.93. The van der Waals surface area contributed by atoms with Crippen molar-refractivity contribution in [2.45, 2.75) is 19.4 Å². The first-order valence-corrected chi connectivity index (χ1v) is 5.49. The molecule has 1 atom stereocenters. The smallest absolute Gasteiger partial charge is 0.336 e. The molecule has 0 saturated heterocycles. The normalized spacial score (nSPS) is 17.9. The van der Waals surface area contributed by atoms with Crippen LogP contribution in [0.3, 0.4) is 0 Å². The van der Waals surface area contributed by atoms with Gasteiger partial charge in [-0.05, 0) is 19.1 Å². The number of benzene rings is 1. The van der Waals surface area contributed by atoms with Gasteiger partial charge in [-0.1, -0.05) is 0 Å². The molecule has 1 aromatic carbocycles. The molecule has 1 aliphatic rings. The van der Waals surface area contributed by atoms with Crippen LogP contribution in [0.25, 0.3) is 11.0 Å². The molecule has 1 unspecified atom stereocenters. The van der Waals surface area contributed by atoms with Crippen LogP contribution in [0, 0.1) is 0 Å². The van der Waals surface area contributed by atoms with Gasteiger partial charge in [0.15, 0.2) is 11.3 Å². The summed E-state index contributed by atoms with van der Waals surface area (Å²) >= 11 is 0. The zero-order chi connectivity index (χ0) is 12.0. The SMILES string of the molecule is COc1c2c(cc3ccc(=O)oc13)CC(C)O2. The van der Waals surface area contributed by atoms with Gasteiger partial charge in [-0.25, -0.2) is 4.79 Å². The van der Waals surface area contributed by atoms with Crippen molar-refractivity contribution in [3.8, 4) is 11.5 Å².